The quantitative estimate of drug-likeness (QED) is 0.0107. The molecule has 368 valence electrons. The summed E-state index contributed by atoms with van der Waals surface area (Å²) in [7, 11) is -10.7. The van der Waals surface area contributed by atoms with Crippen LogP contribution in [0.3, 0.4) is 0 Å². The largest absolute Gasteiger partial charge is 0.472 e. The van der Waals surface area contributed by atoms with Crippen LogP contribution in [0.4, 0.5) is 0 Å². The summed E-state index contributed by atoms with van der Waals surface area (Å²) >= 11 is 0. The van der Waals surface area contributed by atoms with Gasteiger partial charge in [-0.2, -0.15) is 0 Å². The van der Waals surface area contributed by atoms with Gasteiger partial charge in [0.05, 0.1) is 18.8 Å². The summed E-state index contributed by atoms with van der Waals surface area (Å²) in [6, 6.07) is 0. The van der Waals surface area contributed by atoms with E-state index in [0.29, 0.717) is 19.3 Å². The molecule has 10 atom stereocenters. The molecule has 7 N–H and O–H groups in total. The molecule has 64 heavy (non-hydrogen) atoms. The molecule has 0 bridgehead atoms. The van der Waals surface area contributed by atoms with Crippen molar-refractivity contribution in [1.82, 2.24) is 0 Å². The van der Waals surface area contributed by atoms with Crippen LogP contribution in [0.5, 0.6) is 0 Å². The van der Waals surface area contributed by atoms with E-state index in [-0.39, 0.29) is 25.0 Å². The van der Waals surface area contributed by atoms with E-state index in [9.17, 15) is 44.0 Å². The lowest BCUT2D eigenvalue weighted by Gasteiger charge is -2.43. The molecule has 1 aliphatic carbocycles. The van der Waals surface area contributed by atoms with Gasteiger partial charge in [-0.15, -0.1) is 0 Å². The van der Waals surface area contributed by atoms with E-state index < -0.39 is 83.5 Å². The summed E-state index contributed by atoms with van der Waals surface area (Å²) in [6.45, 7) is 2.93. The number of allylic oxidation sites excluding steroid dienone is 8. The first-order chi connectivity index (χ1) is 30.6. The Bertz CT molecular complexity index is 1540. The number of rotatable bonds is 36. The minimum absolute atomic E-state index is 0.0457. The molecule has 0 spiro atoms. The van der Waals surface area contributed by atoms with E-state index in [1.54, 1.807) is 0 Å². The SMILES string of the molecule is CCC/C=C\C/C=C\CCCCCCCC(=O)OC[C@H](COP(=O)(O)O[C@H]1C(O)C(O)C(O)[C@@H](OP(=O)(O)O)C1O)OC(=O)CCC/C=C\CC1OC1C/C=C\C/C=C\CCCCC. The molecule has 1 saturated heterocycles. The third-order valence-corrected chi connectivity index (χ3v) is 12.0. The fraction of sp³-hybridized carbons (Fsp3) is 0.733. The number of phosphoric acid groups is 2. The smallest absolute Gasteiger partial charge is 0.462 e. The van der Waals surface area contributed by atoms with Crippen LogP contribution in [-0.2, 0) is 46.5 Å². The van der Waals surface area contributed by atoms with Gasteiger partial charge in [-0.1, -0.05) is 113 Å². The van der Waals surface area contributed by atoms with Crippen molar-refractivity contribution in [3.05, 3.63) is 60.8 Å². The second kappa shape index (κ2) is 33.2. The Morgan fingerprint density at radius 1 is 0.562 bits per heavy atom. The summed E-state index contributed by atoms with van der Waals surface area (Å²) < 4.78 is 55.0. The first-order valence-electron chi connectivity index (χ1n) is 23.0. The topological polar surface area (TPSA) is 269 Å². The maximum absolute atomic E-state index is 13.0. The van der Waals surface area contributed by atoms with Gasteiger partial charge in [-0.3, -0.25) is 23.2 Å². The number of esters is 2. The van der Waals surface area contributed by atoms with E-state index in [0.717, 1.165) is 77.0 Å². The predicted molar refractivity (Wildman–Crippen MR) is 240 cm³/mol. The fourth-order valence-electron chi connectivity index (χ4n) is 6.74. The first-order valence-corrected chi connectivity index (χ1v) is 26.0. The highest BCUT2D eigenvalue weighted by molar-refractivity contribution is 7.47. The second-order valence-electron chi connectivity index (χ2n) is 16.1. The summed E-state index contributed by atoms with van der Waals surface area (Å²) in [5.74, 6) is -1.30. The molecule has 0 radical (unpaired) electrons. The highest BCUT2D eigenvalue weighted by atomic mass is 31.2. The van der Waals surface area contributed by atoms with Crippen LogP contribution in [0.1, 0.15) is 142 Å². The Morgan fingerprint density at radius 3 is 1.70 bits per heavy atom. The number of epoxide rings is 1. The number of hydrogen-bond donors (Lipinski definition) is 7. The highest BCUT2D eigenvalue weighted by Gasteiger charge is 2.54. The zero-order valence-corrected chi connectivity index (χ0v) is 39.4. The summed E-state index contributed by atoms with van der Waals surface area (Å²) in [6.07, 6.45) is 23.6. The molecule has 7 unspecified atom stereocenters. The molecule has 0 aromatic heterocycles. The molecular weight excluding hydrogens is 874 g/mol. The van der Waals surface area contributed by atoms with Crippen molar-refractivity contribution in [2.24, 2.45) is 0 Å². The lowest BCUT2D eigenvalue weighted by atomic mass is 9.85. The normalized spacial score (nSPS) is 25.5. The van der Waals surface area contributed by atoms with Crippen LogP contribution in [0, 0.1) is 0 Å². The number of hydrogen-bond acceptors (Lipinski definition) is 14. The molecular formula is C45H76O17P2. The number of carbonyl (C=O) groups is 2. The molecule has 2 aliphatic rings. The lowest BCUT2D eigenvalue weighted by Crippen LogP contribution is -2.64. The van der Waals surface area contributed by atoms with Crippen molar-refractivity contribution in [1.29, 1.82) is 0 Å². The molecule has 0 amide bonds. The maximum Gasteiger partial charge on any atom is 0.472 e. The standard InChI is InChI=1S/C45H76O17P2/c1-3-5-7-9-11-13-14-15-16-18-20-22-27-31-38(46)57-33-35(34-58-64(55,56)62-45-42(50)40(48)41(49)44(43(45)51)61-63(52,53)54)59-39(47)32-28-24-23-26-30-37-36(60-37)29-25-21-19-17-12-10-8-6-4-2/h7,9,12-14,17,21,23,25-26,35-37,40-45,48-51H,3-6,8,10-11,15-16,18-20,22,24,27-34H2,1-2H3,(H,55,56)(H2,52,53,54)/b9-7-,14-13-,17-12-,25-21-,26-23-/t35-,36?,37?,40?,41?,42?,43?,44-,45+/m1/s1. The molecule has 2 fully saturated rings. The molecule has 17 nitrogen and oxygen atoms in total. The van der Waals surface area contributed by atoms with Gasteiger partial charge in [-0.05, 0) is 77.0 Å². The number of carbonyl (C=O) groups excluding carboxylic acids is 2. The van der Waals surface area contributed by atoms with Gasteiger partial charge < -0.3 is 49.3 Å². The van der Waals surface area contributed by atoms with E-state index in [2.05, 4.69) is 67.0 Å². The van der Waals surface area contributed by atoms with Crippen molar-refractivity contribution in [2.75, 3.05) is 13.2 Å². The van der Waals surface area contributed by atoms with Gasteiger partial charge >= 0.3 is 27.6 Å². The highest BCUT2D eigenvalue weighted by Crippen LogP contribution is 2.49. The van der Waals surface area contributed by atoms with Crippen LogP contribution >= 0.6 is 15.6 Å². The Balaban J connectivity index is 1.85. The molecule has 0 aromatic rings. The van der Waals surface area contributed by atoms with E-state index in [4.69, 9.17) is 33.0 Å². The first kappa shape index (κ1) is 57.8. The third-order valence-electron chi connectivity index (χ3n) is 10.4. The zero-order valence-electron chi connectivity index (χ0n) is 37.6. The lowest BCUT2D eigenvalue weighted by molar-refractivity contribution is -0.216. The fourth-order valence-corrected chi connectivity index (χ4v) is 8.28. The molecule has 0 aromatic carbocycles. The molecule has 1 aliphatic heterocycles. The van der Waals surface area contributed by atoms with Crippen LogP contribution in [0.2, 0.25) is 0 Å². The maximum atomic E-state index is 13.0. The Kier molecular flexibility index (Phi) is 30.0. The summed E-state index contributed by atoms with van der Waals surface area (Å²) in [5, 5.41) is 41.2. The van der Waals surface area contributed by atoms with E-state index >= 15 is 0 Å². The minimum Gasteiger partial charge on any atom is -0.462 e. The van der Waals surface area contributed by atoms with Crippen LogP contribution in [0.15, 0.2) is 60.8 Å². The van der Waals surface area contributed by atoms with Crippen molar-refractivity contribution >= 4 is 27.6 Å². The van der Waals surface area contributed by atoms with Crippen molar-refractivity contribution in [3.63, 3.8) is 0 Å². The van der Waals surface area contributed by atoms with Gasteiger partial charge in [-0.25, -0.2) is 9.13 Å². The second-order valence-corrected chi connectivity index (χ2v) is 18.7. The van der Waals surface area contributed by atoms with Gasteiger partial charge in [0, 0.05) is 12.8 Å². The third kappa shape index (κ3) is 26.7. The van der Waals surface area contributed by atoms with Crippen molar-refractivity contribution in [3.8, 4) is 0 Å². The van der Waals surface area contributed by atoms with Gasteiger partial charge in [0.2, 0.25) is 0 Å². The summed E-state index contributed by atoms with van der Waals surface area (Å²) in [4.78, 5) is 54.2. The number of aliphatic hydroxyl groups is 4. The van der Waals surface area contributed by atoms with Gasteiger partial charge in [0.15, 0.2) is 6.10 Å². The number of phosphoric ester groups is 2. The van der Waals surface area contributed by atoms with Crippen molar-refractivity contribution < 1.29 is 81.6 Å². The molecule has 1 saturated carbocycles. The van der Waals surface area contributed by atoms with E-state index in [1.807, 2.05) is 12.2 Å². The van der Waals surface area contributed by atoms with Gasteiger partial charge in [0.25, 0.3) is 0 Å². The summed E-state index contributed by atoms with van der Waals surface area (Å²) in [5.41, 5.74) is 0. The van der Waals surface area contributed by atoms with E-state index in [1.165, 1.54) is 19.3 Å². The Labute approximate surface area is 379 Å². The Morgan fingerprint density at radius 2 is 1.08 bits per heavy atom. The number of aliphatic hydroxyl groups excluding tert-OH is 4. The minimum atomic E-state index is -5.37. The Hall–Kier alpha value is -2.34. The zero-order chi connectivity index (χ0) is 47.2. The van der Waals surface area contributed by atoms with Crippen LogP contribution < -0.4 is 0 Å². The molecule has 1 heterocycles. The average molecular weight is 951 g/mol. The van der Waals surface area contributed by atoms with Gasteiger partial charge in [0.1, 0.15) is 43.2 Å². The van der Waals surface area contributed by atoms with Crippen LogP contribution in [0.25, 0.3) is 0 Å². The van der Waals surface area contributed by atoms with Crippen LogP contribution in [-0.4, -0.2) is 115 Å². The number of unbranched alkanes of at least 4 members (excludes halogenated alkanes) is 10. The predicted octanol–water partition coefficient (Wildman–Crippen LogP) is 7.27. The molecule has 19 heteroatoms. The average Bonchev–Trinajstić information content (AvgIpc) is 4.01. The monoisotopic (exact) mass is 950 g/mol. The van der Waals surface area contributed by atoms with Crippen molar-refractivity contribution in [2.45, 2.75) is 197 Å². The molecule has 2 rings (SSSR count). The number of ether oxygens (including phenoxy) is 3.